The highest BCUT2D eigenvalue weighted by atomic mass is 32.1. The number of nitriles is 3. The summed E-state index contributed by atoms with van der Waals surface area (Å²) in [5, 5.41) is 41.9. The number of nitrogens with zero attached hydrogens (tertiary/aromatic N) is 4. The number of nitrogens with one attached hydrogen (secondary N) is 1. The maximum Gasteiger partial charge on any atom is 0.189 e. The van der Waals surface area contributed by atoms with Crippen molar-refractivity contribution >= 4 is 17.0 Å². The average molecular weight is 349 g/mol. The van der Waals surface area contributed by atoms with Crippen molar-refractivity contribution in [3.05, 3.63) is 34.0 Å². The van der Waals surface area contributed by atoms with E-state index in [9.17, 15) is 15.8 Å². The molecule has 1 saturated carbocycles. The highest BCUT2D eigenvalue weighted by Gasteiger charge is 2.57. The zero-order valence-electron chi connectivity index (χ0n) is 14.1. The fourth-order valence-electron chi connectivity index (χ4n) is 4.19. The van der Waals surface area contributed by atoms with Gasteiger partial charge in [0.2, 0.25) is 0 Å². The van der Waals surface area contributed by atoms with Gasteiger partial charge in [-0.05, 0) is 40.9 Å². The SMILES string of the molecule is CCCN1CC=C2C(C#N)C(=N)C(C#N)(C#N)[C@@H](c3ccsc3)[C@@H]2C1. The van der Waals surface area contributed by atoms with E-state index in [1.165, 1.54) is 11.3 Å². The van der Waals surface area contributed by atoms with E-state index in [0.29, 0.717) is 0 Å². The summed E-state index contributed by atoms with van der Waals surface area (Å²) < 4.78 is 0. The van der Waals surface area contributed by atoms with Gasteiger partial charge in [-0.25, -0.2) is 0 Å². The van der Waals surface area contributed by atoms with Crippen LogP contribution >= 0.6 is 11.3 Å². The number of fused-ring (bicyclic) bond motifs is 1. The first kappa shape index (κ1) is 17.4. The Bertz CT molecular complexity index is 803. The monoisotopic (exact) mass is 349 g/mol. The quantitative estimate of drug-likeness (QED) is 0.846. The van der Waals surface area contributed by atoms with Crippen LogP contribution in [0.3, 0.4) is 0 Å². The number of rotatable bonds is 3. The van der Waals surface area contributed by atoms with E-state index in [4.69, 9.17) is 5.41 Å². The molecule has 0 bridgehead atoms. The van der Waals surface area contributed by atoms with E-state index in [0.717, 1.165) is 37.2 Å². The molecule has 25 heavy (non-hydrogen) atoms. The van der Waals surface area contributed by atoms with E-state index in [-0.39, 0.29) is 11.6 Å². The minimum absolute atomic E-state index is 0.0670. The molecule has 1 aliphatic carbocycles. The molecule has 1 N–H and O–H groups in total. The van der Waals surface area contributed by atoms with Gasteiger partial charge < -0.3 is 5.41 Å². The Morgan fingerprint density at radius 3 is 2.68 bits per heavy atom. The molecule has 5 nitrogen and oxygen atoms in total. The van der Waals surface area contributed by atoms with Gasteiger partial charge >= 0.3 is 0 Å². The molecule has 0 saturated heterocycles. The van der Waals surface area contributed by atoms with Crippen LogP contribution in [0.15, 0.2) is 28.5 Å². The summed E-state index contributed by atoms with van der Waals surface area (Å²) in [5.41, 5.74) is 0.182. The maximum atomic E-state index is 9.90. The smallest absolute Gasteiger partial charge is 0.189 e. The molecule has 0 amide bonds. The lowest BCUT2D eigenvalue weighted by molar-refractivity contribution is 0.204. The van der Waals surface area contributed by atoms with Crippen LogP contribution in [0.25, 0.3) is 0 Å². The highest BCUT2D eigenvalue weighted by molar-refractivity contribution is 7.08. The lowest BCUT2D eigenvalue weighted by Gasteiger charge is -2.47. The van der Waals surface area contributed by atoms with Gasteiger partial charge in [0.1, 0.15) is 5.92 Å². The van der Waals surface area contributed by atoms with Crippen molar-refractivity contribution < 1.29 is 0 Å². The summed E-state index contributed by atoms with van der Waals surface area (Å²) in [6.07, 6.45) is 3.07. The van der Waals surface area contributed by atoms with Crippen LogP contribution < -0.4 is 0 Å². The van der Waals surface area contributed by atoms with Gasteiger partial charge in [0.15, 0.2) is 5.41 Å². The van der Waals surface area contributed by atoms with Crippen molar-refractivity contribution in [2.75, 3.05) is 19.6 Å². The third kappa shape index (κ3) is 2.57. The molecule has 0 aromatic carbocycles. The Labute approximate surface area is 151 Å². The second kappa shape index (κ2) is 6.81. The van der Waals surface area contributed by atoms with Crippen LogP contribution in [0.5, 0.6) is 0 Å². The first-order valence-electron chi connectivity index (χ1n) is 8.38. The van der Waals surface area contributed by atoms with Gasteiger partial charge in [0.05, 0.1) is 23.9 Å². The predicted molar refractivity (Wildman–Crippen MR) is 95.9 cm³/mol. The van der Waals surface area contributed by atoms with Crippen molar-refractivity contribution in [3.8, 4) is 18.2 Å². The van der Waals surface area contributed by atoms with Crippen LogP contribution in [-0.4, -0.2) is 30.2 Å². The molecule has 0 spiro atoms. The van der Waals surface area contributed by atoms with Gasteiger partial charge in [-0.15, -0.1) is 0 Å². The Morgan fingerprint density at radius 1 is 1.36 bits per heavy atom. The summed E-state index contributed by atoms with van der Waals surface area (Å²) in [7, 11) is 0. The van der Waals surface area contributed by atoms with E-state index < -0.39 is 17.3 Å². The summed E-state index contributed by atoms with van der Waals surface area (Å²) >= 11 is 1.53. The summed E-state index contributed by atoms with van der Waals surface area (Å²) in [6, 6.07) is 8.36. The second-order valence-corrected chi connectivity index (χ2v) is 7.39. The molecular formula is C19H19N5S. The van der Waals surface area contributed by atoms with Crippen molar-refractivity contribution in [2.24, 2.45) is 17.3 Å². The molecule has 6 heteroatoms. The van der Waals surface area contributed by atoms with E-state index in [1.54, 1.807) is 0 Å². The summed E-state index contributed by atoms with van der Waals surface area (Å²) in [6.45, 7) is 4.54. The van der Waals surface area contributed by atoms with E-state index >= 15 is 0 Å². The molecule has 3 atom stereocenters. The zero-order valence-corrected chi connectivity index (χ0v) is 14.9. The molecule has 2 heterocycles. The fraction of sp³-hybridized carbons (Fsp3) is 0.474. The molecular weight excluding hydrogens is 330 g/mol. The molecule has 0 radical (unpaired) electrons. The molecule has 2 aliphatic rings. The van der Waals surface area contributed by atoms with Crippen LogP contribution in [0.4, 0.5) is 0 Å². The first-order valence-corrected chi connectivity index (χ1v) is 9.32. The predicted octanol–water partition coefficient (Wildman–Crippen LogP) is 3.31. The standard InChI is InChI=1S/C19H19N5S/c1-2-5-24-6-3-14-15(8-20)18(23)19(11-21,12-22)17(16(14)9-24)13-4-7-25-10-13/h3-4,7,10,15-17,23H,2,5-6,9H2,1H3/t15?,16-,17+/m1/s1. The topological polar surface area (TPSA) is 98.5 Å². The molecule has 126 valence electrons. The minimum Gasteiger partial charge on any atom is -0.305 e. The van der Waals surface area contributed by atoms with Gasteiger partial charge in [-0.1, -0.05) is 13.0 Å². The fourth-order valence-corrected chi connectivity index (χ4v) is 4.89. The van der Waals surface area contributed by atoms with E-state index in [1.807, 2.05) is 22.9 Å². The normalized spacial score (nSPS) is 28.2. The minimum atomic E-state index is -1.58. The Kier molecular flexibility index (Phi) is 4.73. The zero-order chi connectivity index (χ0) is 18.0. The van der Waals surface area contributed by atoms with Crippen molar-refractivity contribution in [2.45, 2.75) is 19.3 Å². The largest absolute Gasteiger partial charge is 0.305 e. The number of hydrogen-bond acceptors (Lipinski definition) is 6. The van der Waals surface area contributed by atoms with Gasteiger partial charge in [0.25, 0.3) is 0 Å². The van der Waals surface area contributed by atoms with Crippen molar-refractivity contribution in [1.82, 2.24) is 4.90 Å². The first-order chi connectivity index (χ1) is 12.1. The third-order valence-corrected chi connectivity index (χ3v) is 6.01. The molecule has 1 unspecified atom stereocenters. The van der Waals surface area contributed by atoms with Gasteiger partial charge in [-0.2, -0.15) is 27.1 Å². The number of thiophene rings is 1. The molecule has 1 aliphatic heterocycles. The maximum absolute atomic E-state index is 9.90. The Hall–Kier alpha value is -2.46. The highest BCUT2D eigenvalue weighted by Crippen LogP contribution is 2.53. The van der Waals surface area contributed by atoms with E-state index in [2.05, 4.69) is 30.0 Å². The Balaban J connectivity index is 2.18. The van der Waals surface area contributed by atoms with Crippen molar-refractivity contribution in [3.63, 3.8) is 0 Å². The van der Waals surface area contributed by atoms with Crippen LogP contribution in [0.2, 0.25) is 0 Å². The second-order valence-electron chi connectivity index (χ2n) is 6.61. The van der Waals surface area contributed by atoms with Gasteiger partial charge in [-0.3, -0.25) is 4.90 Å². The number of hydrogen-bond donors (Lipinski definition) is 1. The molecule has 1 aromatic rings. The molecule has 1 aromatic heterocycles. The lowest BCUT2D eigenvalue weighted by atomic mass is 9.54. The van der Waals surface area contributed by atoms with Crippen LogP contribution in [0, 0.1) is 56.7 Å². The summed E-state index contributed by atoms with van der Waals surface area (Å²) in [5.74, 6) is -1.27. The third-order valence-electron chi connectivity index (χ3n) is 5.31. The van der Waals surface area contributed by atoms with Gasteiger partial charge in [0, 0.05) is 24.9 Å². The molecule has 1 fully saturated rings. The molecule has 3 rings (SSSR count). The van der Waals surface area contributed by atoms with Crippen molar-refractivity contribution in [1.29, 1.82) is 21.2 Å². The Morgan fingerprint density at radius 2 is 2.12 bits per heavy atom. The average Bonchev–Trinajstić information content (AvgIpc) is 3.15. The van der Waals surface area contributed by atoms with Crippen LogP contribution in [0.1, 0.15) is 24.8 Å². The summed E-state index contributed by atoms with van der Waals surface area (Å²) in [4.78, 5) is 2.30. The lowest BCUT2D eigenvalue weighted by Crippen LogP contribution is -2.52. The van der Waals surface area contributed by atoms with Crippen LogP contribution in [-0.2, 0) is 0 Å².